The van der Waals surface area contributed by atoms with Gasteiger partial charge < -0.3 is 10.2 Å². The van der Waals surface area contributed by atoms with E-state index in [1.54, 1.807) is 43.3 Å². The van der Waals surface area contributed by atoms with Crippen LogP contribution in [0.4, 0.5) is 10.1 Å². The lowest BCUT2D eigenvalue weighted by Gasteiger charge is -2.32. The largest absolute Gasteiger partial charge is 0.352 e. The van der Waals surface area contributed by atoms with Crippen LogP contribution in [0.5, 0.6) is 0 Å². The predicted octanol–water partition coefficient (Wildman–Crippen LogP) is 5.78. The number of nitrogens with zero attached hydrogens (tertiary/aromatic N) is 2. The number of hydrogen-bond acceptors (Lipinski definition) is 4. The van der Waals surface area contributed by atoms with Crippen LogP contribution < -0.4 is 9.62 Å². The van der Waals surface area contributed by atoms with E-state index in [-0.39, 0.29) is 29.3 Å². The molecular formula is C32H40FN3O4S. The molecule has 3 aromatic rings. The van der Waals surface area contributed by atoms with Gasteiger partial charge in [0.05, 0.1) is 10.6 Å². The van der Waals surface area contributed by atoms with Crippen molar-refractivity contribution in [2.75, 3.05) is 10.8 Å². The summed E-state index contributed by atoms with van der Waals surface area (Å²) < 4.78 is 42.6. The fraction of sp³-hybridized carbons (Fsp3) is 0.375. The number of nitrogens with one attached hydrogen (secondary N) is 1. The van der Waals surface area contributed by atoms with Gasteiger partial charge in [-0.15, -0.1) is 0 Å². The molecule has 2 atom stereocenters. The second-order valence-corrected chi connectivity index (χ2v) is 12.6. The molecule has 0 saturated heterocycles. The number of aryl methyl sites for hydroxylation is 1. The molecule has 0 fully saturated rings. The highest BCUT2D eigenvalue weighted by Crippen LogP contribution is 2.27. The molecule has 0 aliphatic heterocycles. The summed E-state index contributed by atoms with van der Waals surface area (Å²) in [6, 6.07) is 18.2. The molecule has 41 heavy (non-hydrogen) atoms. The van der Waals surface area contributed by atoms with Gasteiger partial charge >= 0.3 is 0 Å². The Hall–Kier alpha value is -3.72. The molecule has 0 aliphatic rings. The number of halogens is 1. The molecular weight excluding hydrogens is 541 g/mol. The first-order chi connectivity index (χ1) is 19.3. The summed E-state index contributed by atoms with van der Waals surface area (Å²) in [4.78, 5) is 28.5. The minimum atomic E-state index is -4.14. The third-order valence-electron chi connectivity index (χ3n) is 7.17. The highest BCUT2D eigenvalue weighted by atomic mass is 32.2. The summed E-state index contributed by atoms with van der Waals surface area (Å²) >= 11 is 0. The Kier molecular flexibility index (Phi) is 10.7. The van der Waals surface area contributed by atoms with E-state index in [1.807, 2.05) is 46.8 Å². The van der Waals surface area contributed by atoms with Crippen LogP contribution in [0.25, 0.3) is 0 Å². The van der Waals surface area contributed by atoms with E-state index in [0.717, 1.165) is 15.4 Å². The van der Waals surface area contributed by atoms with Crippen molar-refractivity contribution in [2.45, 2.75) is 77.4 Å². The zero-order valence-corrected chi connectivity index (χ0v) is 25.4. The number of sulfonamides is 1. The Bertz CT molecular complexity index is 1420. The van der Waals surface area contributed by atoms with Crippen LogP contribution >= 0.6 is 0 Å². The van der Waals surface area contributed by atoms with Gasteiger partial charge in [0.15, 0.2) is 0 Å². The molecule has 0 heterocycles. The van der Waals surface area contributed by atoms with E-state index >= 15 is 0 Å². The van der Waals surface area contributed by atoms with Gasteiger partial charge in [-0.2, -0.15) is 0 Å². The highest BCUT2D eigenvalue weighted by molar-refractivity contribution is 7.92. The first-order valence-corrected chi connectivity index (χ1v) is 15.3. The molecule has 0 unspecified atom stereocenters. The van der Waals surface area contributed by atoms with Gasteiger partial charge in [-0.05, 0) is 80.6 Å². The lowest BCUT2D eigenvalue weighted by Crippen LogP contribution is -2.52. The van der Waals surface area contributed by atoms with Crippen molar-refractivity contribution < 1.29 is 22.4 Å². The molecule has 0 spiro atoms. The quantitative estimate of drug-likeness (QED) is 0.294. The molecule has 1 N–H and O–H groups in total. The molecule has 0 saturated carbocycles. The van der Waals surface area contributed by atoms with Crippen molar-refractivity contribution in [3.63, 3.8) is 0 Å². The van der Waals surface area contributed by atoms with Gasteiger partial charge in [-0.1, -0.05) is 62.7 Å². The Balaban J connectivity index is 2.03. The van der Waals surface area contributed by atoms with E-state index in [1.165, 1.54) is 29.2 Å². The molecule has 7 nitrogen and oxygen atoms in total. The number of carbonyl (C=O) groups is 2. The van der Waals surface area contributed by atoms with Gasteiger partial charge in [0.1, 0.15) is 18.4 Å². The summed E-state index contributed by atoms with van der Waals surface area (Å²) in [6.45, 7) is 10.8. The minimum Gasteiger partial charge on any atom is -0.352 e. The molecule has 0 aliphatic carbocycles. The van der Waals surface area contributed by atoms with Crippen LogP contribution in [0, 0.1) is 12.7 Å². The second kappa shape index (κ2) is 13.8. The average Bonchev–Trinajstić information content (AvgIpc) is 2.95. The predicted molar refractivity (Wildman–Crippen MR) is 161 cm³/mol. The van der Waals surface area contributed by atoms with Crippen molar-refractivity contribution >= 4 is 27.5 Å². The Morgan fingerprint density at radius 3 is 2.00 bits per heavy atom. The summed E-state index contributed by atoms with van der Waals surface area (Å²) in [5.74, 6) is -1.10. The zero-order chi connectivity index (χ0) is 30.3. The standard InChI is InChI=1S/C32H40FN3O4S/c1-7-24(5)34-32(38)25(6)35(20-26-10-14-28(33)15-11-26)31(37)21-36(29-16-12-27(13-17-29)22(2)3)41(39,40)30-18-8-23(4)9-19-30/h8-19,22,24-25H,7,20-21H2,1-6H3,(H,34,38)/t24-,25+/m1/s1. The first kappa shape index (κ1) is 31.8. The van der Waals surface area contributed by atoms with Gasteiger partial charge in [0.2, 0.25) is 11.8 Å². The molecule has 3 aromatic carbocycles. The molecule has 220 valence electrons. The lowest BCUT2D eigenvalue weighted by molar-refractivity contribution is -0.139. The normalized spacial score (nSPS) is 13.0. The van der Waals surface area contributed by atoms with Crippen molar-refractivity contribution in [2.24, 2.45) is 0 Å². The summed E-state index contributed by atoms with van der Waals surface area (Å²) in [6.07, 6.45) is 0.708. The number of benzene rings is 3. The maximum Gasteiger partial charge on any atom is 0.264 e. The maximum absolute atomic E-state index is 14.0. The lowest BCUT2D eigenvalue weighted by atomic mass is 10.0. The molecule has 0 bridgehead atoms. The van der Waals surface area contributed by atoms with Gasteiger partial charge in [-0.3, -0.25) is 13.9 Å². The second-order valence-electron chi connectivity index (χ2n) is 10.7. The van der Waals surface area contributed by atoms with E-state index < -0.39 is 34.3 Å². The van der Waals surface area contributed by atoms with Crippen LogP contribution in [-0.2, 0) is 26.2 Å². The summed E-state index contributed by atoms with van der Waals surface area (Å²) in [7, 11) is -4.14. The van der Waals surface area contributed by atoms with E-state index in [4.69, 9.17) is 0 Å². The molecule has 0 radical (unpaired) electrons. The number of carbonyl (C=O) groups excluding carboxylic acids is 2. The van der Waals surface area contributed by atoms with E-state index in [2.05, 4.69) is 5.32 Å². The van der Waals surface area contributed by atoms with E-state index in [0.29, 0.717) is 17.7 Å². The Labute approximate surface area is 243 Å². The monoisotopic (exact) mass is 581 g/mol. The third kappa shape index (κ3) is 8.16. The molecule has 9 heteroatoms. The number of anilines is 1. The van der Waals surface area contributed by atoms with Crippen molar-refractivity contribution in [3.05, 3.63) is 95.3 Å². The van der Waals surface area contributed by atoms with Crippen LogP contribution in [0.2, 0.25) is 0 Å². The number of amides is 2. The van der Waals surface area contributed by atoms with Crippen LogP contribution in [0.15, 0.2) is 77.7 Å². The van der Waals surface area contributed by atoms with Gasteiger partial charge in [-0.25, -0.2) is 12.8 Å². The van der Waals surface area contributed by atoms with Crippen LogP contribution in [-0.4, -0.2) is 43.8 Å². The van der Waals surface area contributed by atoms with Crippen molar-refractivity contribution in [1.82, 2.24) is 10.2 Å². The first-order valence-electron chi connectivity index (χ1n) is 13.9. The van der Waals surface area contributed by atoms with Gasteiger partial charge in [0.25, 0.3) is 10.0 Å². The fourth-order valence-electron chi connectivity index (χ4n) is 4.23. The van der Waals surface area contributed by atoms with E-state index in [9.17, 15) is 22.4 Å². The van der Waals surface area contributed by atoms with Crippen LogP contribution in [0.1, 0.15) is 63.6 Å². The highest BCUT2D eigenvalue weighted by Gasteiger charge is 2.32. The fourth-order valence-corrected chi connectivity index (χ4v) is 5.64. The maximum atomic E-state index is 14.0. The zero-order valence-electron chi connectivity index (χ0n) is 24.6. The van der Waals surface area contributed by atoms with Crippen molar-refractivity contribution in [3.8, 4) is 0 Å². The van der Waals surface area contributed by atoms with Crippen LogP contribution in [0.3, 0.4) is 0 Å². The minimum absolute atomic E-state index is 0.00108. The summed E-state index contributed by atoms with van der Waals surface area (Å²) in [5.41, 5.74) is 2.87. The number of rotatable bonds is 12. The smallest absolute Gasteiger partial charge is 0.264 e. The topological polar surface area (TPSA) is 86.8 Å². The van der Waals surface area contributed by atoms with Gasteiger partial charge in [0, 0.05) is 12.6 Å². The third-order valence-corrected chi connectivity index (χ3v) is 8.96. The number of hydrogen-bond donors (Lipinski definition) is 1. The Morgan fingerprint density at radius 2 is 1.46 bits per heavy atom. The molecule has 3 rings (SSSR count). The Morgan fingerprint density at radius 1 is 0.878 bits per heavy atom. The molecule has 0 aromatic heterocycles. The van der Waals surface area contributed by atoms with Crippen molar-refractivity contribution in [1.29, 1.82) is 0 Å². The summed E-state index contributed by atoms with van der Waals surface area (Å²) in [5, 5.41) is 2.90. The molecule has 2 amide bonds. The SMILES string of the molecule is CC[C@@H](C)NC(=O)[C@H](C)N(Cc1ccc(F)cc1)C(=O)CN(c1ccc(C(C)C)cc1)S(=O)(=O)c1ccc(C)cc1. The average molecular weight is 582 g/mol.